The van der Waals surface area contributed by atoms with Gasteiger partial charge < -0.3 is 10.5 Å². The van der Waals surface area contributed by atoms with E-state index in [1.165, 1.54) is 12.1 Å². The predicted octanol–water partition coefficient (Wildman–Crippen LogP) is 4.12. The van der Waals surface area contributed by atoms with Crippen LogP contribution in [0.4, 0.5) is 4.39 Å². The summed E-state index contributed by atoms with van der Waals surface area (Å²) in [5.74, 6) is 0.335. The zero-order chi connectivity index (χ0) is 13.9. The molecule has 0 spiro atoms. The van der Waals surface area contributed by atoms with E-state index in [1.54, 1.807) is 6.07 Å². The SMILES string of the molecule is CCC(N)C(Oc1ccc(F)cc1Br)C(C)(C)C. The number of hydrogen-bond donors (Lipinski definition) is 1. The van der Waals surface area contributed by atoms with Crippen LogP contribution in [0.2, 0.25) is 0 Å². The highest BCUT2D eigenvalue weighted by Crippen LogP contribution is 2.32. The van der Waals surface area contributed by atoms with Crippen molar-refractivity contribution in [2.75, 3.05) is 0 Å². The highest BCUT2D eigenvalue weighted by molar-refractivity contribution is 9.10. The molecule has 2 atom stereocenters. The van der Waals surface area contributed by atoms with E-state index in [9.17, 15) is 4.39 Å². The molecule has 0 aliphatic rings. The van der Waals surface area contributed by atoms with Gasteiger partial charge in [0, 0.05) is 11.5 Å². The summed E-state index contributed by atoms with van der Waals surface area (Å²) in [7, 11) is 0. The van der Waals surface area contributed by atoms with Gasteiger partial charge in [0.15, 0.2) is 0 Å². The summed E-state index contributed by atoms with van der Waals surface area (Å²) in [6.07, 6.45) is 0.713. The second-order valence-corrected chi connectivity index (χ2v) is 6.41. The summed E-state index contributed by atoms with van der Waals surface area (Å²) in [6, 6.07) is 4.35. The standard InChI is InChI=1S/C14H21BrFNO/c1-5-11(17)13(14(2,3)4)18-12-7-6-9(16)8-10(12)15/h6-8,11,13H,5,17H2,1-4H3. The van der Waals surface area contributed by atoms with Crippen LogP contribution in [0, 0.1) is 11.2 Å². The molecule has 0 aromatic heterocycles. The molecule has 0 fully saturated rings. The molecule has 1 aromatic rings. The van der Waals surface area contributed by atoms with Crippen molar-refractivity contribution < 1.29 is 9.13 Å². The number of ether oxygens (including phenoxy) is 1. The number of benzene rings is 1. The Morgan fingerprint density at radius 1 is 1.39 bits per heavy atom. The summed E-state index contributed by atoms with van der Waals surface area (Å²) < 4.78 is 19.6. The molecule has 0 aliphatic carbocycles. The van der Waals surface area contributed by atoms with Crippen molar-refractivity contribution in [2.24, 2.45) is 11.1 Å². The van der Waals surface area contributed by atoms with Crippen molar-refractivity contribution in [1.82, 2.24) is 0 Å². The Bertz CT molecular complexity index is 403. The monoisotopic (exact) mass is 317 g/mol. The largest absolute Gasteiger partial charge is 0.487 e. The van der Waals surface area contributed by atoms with Gasteiger partial charge in [-0.15, -0.1) is 0 Å². The third kappa shape index (κ3) is 3.95. The number of hydrogen-bond acceptors (Lipinski definition) is 2. The molecule has 102 valence electrons. The Labute approximate surface area is 117 Å². The lowest BCUT2D eigenvalue weighted by atomic mass is 9.84. The molecule has 0 bridgehead atoms. The molecule has 0 aliphatic heterocycles. The van der Waals surface area contributed by atoms with Gasteiger partial charge in [-0.3, -0.25) is 0 Å². The zero-order valence-electron chi connectivity index (χ0n) is 11.3. The fraction of sp³-hybridized carbons (Fsp3) is 0.571. The van der Waals surface area contributed by atoms with Crippen LogP contribution in [-0.2, 0) is 0 Å². The van der Waals surface area contributed by atoms with Crippen molar-refractivity contribution in [3.8, 4) is 5.75 Å². The van der Waals surface area contributed by atoms with E-state index < -0.39 is 0 Å². The third-order valence-electron chi connectivity index (χ3n) is 2.86. The molecule has 2 N–H and O–H groups in total. The fourth-order valence-corrected chi connectivity index (χ4v) is 2.27. The van der Waals surface area contributed by atoms with E-state index in [4.69, 9.17) is 10.5 Å². The van der Waals surface area contributed by atoms with E-state index in [-0.39, 0.29) is 23.4 Å². The van der Waals surface area contributed by atoms with Gasteiger partial charge in [-0.25, -0.2) is 4.39 Å². The molecule has 0 amide bonds. The van der Waals surface area contributed by atoms with E-state index in [0.717, 1.165) is 6.42 Å². The molecule has 4 heteroatoms. The first-order chi connectivity index (χ1) is 8.25. The van der Waals surface area contributed by atoms with Gasteiger partial charge in [-0.2, -0.15) is 0 Å². The molecular formula is C14H21BrFNO. The van der Waals surface area contributed by atoms with Gasteiger partial charge in [0.2, 0.25) is 0 Å². The van der Waals surface area contributed by atoms with Crippen molar-refractivity contribution in [2.45, 2.75) is 46.3 Å². The topological polar surface area (TPSA) is 35.2 Å². The Balaban J connectivity index is 2.96. The normalized spacial score (nSPS) is 15.3. The highest BCUT2D eigenvalue weighted by Gasteiger charge is 2.31. The number of rotatable bonds is 4. The van der Waals surface area contributed by atoms with E-state index in [0.29, 0.717) is 10.2 Å². The van der Waals surface area contributed by atoms with Crippen LogP contribution >= 0.6 is 15.9 Å². The average molecular weight is 318 g/mol. The fourth-order valence-electron chi connectivity index (χ4n) is 1.83. The molecule has 18 heavy (non-hydrogen) atoms. The molecule has 2 unspecified atom stereocenters. The van der Waals surface area contributed by atoms with Gasteiger partial charge in [-0.1, -0.05) is 27.7 Å². The van der Waals surface area contributed by atoms with Gasteiger partial charge in [0.05, 0.1) is 4.47 Å². The van der Waals surface area contributed by atoms with Crippen LogP contribution in [0.1, 0.15) is 34.1 Å². The maximum absolute atomic E-state index is 13.0. The smallest absolute Gasteiger partial charge is 0.134 e. The lowest BCUT2D eigenvalue weighted by Gasteiger charge is -2.35. The van der Waals surface area contributed by atoms with Crippen LogP contribution in [0.25, 0.3) is 0 Å². The maximum atomic E-state index is 13.0. The van der Waals surface area contributed by atoms with Crippen LogP contribution in [0.15, 0.2) is 22.7 Å². The number of halogens is 2. The van der Waals surface area contributed by atoms with Crippen LogP contribution < -0.4 is 10.5 Å². The van der Waals surface area contributed by atoms with Crippen molar-refractivity contribution >= 4 is 15.9 Å². The summed E-state index contributed by atoms with van der Waals surface area (Å²) in [5.41, 5.74) is 6.04. The summed E-state index contributed by atoms with van der Waals surface area (Å²) >= 11 is 3.31. The molecule has 0 saturated carbocycles. The van der Waals surface area contributed by atoms with Crippen LogP contribution in [0.3, 0.4) is 0 Å². The van der Waals surface area contributed by atoms with E-state index in [1.807, 2.05) is 6.92 Å². The summed E-state index contributed by atoms with van der Waals surface area (Å²) in [6.45, 7) is 8.30. The van der Waals surface area contributed by atoms with Crippen molar-refractivity contribution in [3.05, 3.63) is 28.5 Å². The molecule has 0 heterocycles. The summed E-state index contributed by atoms with van der Waals surface area (Å²) in [5, 5.41) is 0. The third-order valence-corrected chi connectivity index (χ3v) is 3.48. The lowest BCUT2D eigenvalue weighted by Crippen LogP contribution is -2.47. The summed E-state index contributed by atoms with van der Waals surface area (Å²) in [4.78, 5) is 0. The second-order valence-electron chi connectivity index (χ2n) is 5.55. The Kier molecular flexibility index (Phi) is 5.17. The van der Waals surface area contributed by atoms with Gasteiger partial charge >= 0.3 is 0 Å². The first-order valence-corrected chi connectivity index (χ1v) is 6.92. The molecule has 0 saturated heterocycles. The van der Waals surface area contributed by atoms with E-state index in [2.05, 4.69) is 36.7 Å². The Morgan fingerprint density at radius 2 is 2.00 bits per heavy atom. The number of nitrogens with two attached hydrogens (primary N) is 1. The first kappa shape index (κ1) is 15.4. The van der Waals surface area contributed by atoms with Crippen molar-refractivity contribution in [3.63, 3.8) is 0 Å². The molecule has 1 aromatic carbocycles. The van der Waals surface area contributed by atoms with Crippen LogP contribution in [0.5, 0.6) is 5.75 Å². The first-order valence-electron chi connectivity index (χ1n) is 6.13. The van der Waals surface area contributed by atoms with Gasteiger partial charge in [0.1, 0.15) is 17.7 Å². The average Bonchev–Trinajstić information content (AvgIpc) is 2.25. The molecule has 1 rings (SSSR count). The van der Waals surface area contributed by atoms with Gasteiger partial charge in [0.25, 0.3) is 0 Å². The lowest BCUT2D eigenvalue weighted by molar-refractivity contribution is 0.0614. The zero-order valence-corrected chi connectivity index (χ0v) is 12.9. The minimum atomic E-state index is -0.290. The predicted molar refractivity (Wildman–Crippen MR) is 76.2 cm³/mol. The molecular weight excluding hydrogens is 297 g/mol. The van der Waals surface area contributed by atoms with Gasteiger partial charge in [-0.05, 0) is 40.5 Å². The second kappa shape index (κ2) is 6.02. The quantitative estimate of drug-likeness (QED) is 0.906. The van der Waals surface area contributed by atoms with Crippen molar-refractivity contribution in [1.29, 1.82) is 0 Å². The van der Waals surface area contributed by atoms with E-state index >= 15 is 0 Å². The maximum Gasteiger partial charge on any atom is 0.134 e. The Morgan fingerprint density at radius 3 is 2.44 bits per heavy atom. The Hall–Kier alpha value is -0.610. The van der Waals surface area contributed by atoms with Crippen LogP contribution in [-0.4, -0.2) is 12.1 Å². The minimum Gasteiger partial charge on any atom is -0.487 e. The minimum absolute atomic E-state index is 0.0537. The molecule has 2 nitrogen and oxygen atoms in total. The highest BCUT2D eigenvalue weighted by atomic mass is 79.9. The molecule has 0 radical (unpaired) electrons.